The molecule has 0 saturated heterocycles. The maximum atomic E-state index is 11.8. The SMILES string of the molecule is COCC(Br)CNC(=O)c1cc(C)c(C)s1. The molecule has 1 N–H and O–H groups in total. The van der Waals surface area contributed by atoms with E-state index < -0.39 is 0 Å². The average Bonchev–Trinajstić information content (AvgIpc) is 2.56. The van der Waals surface area contributed by atoms with E-state index in [0.717, 1.165) is 4.88 Å². The Hall–Kier alpha value is -0.390. The number of halogens is 1. The molecule has 0 spiro atoms. The fourth-order valence-corrected chi connectivity index (χ4v) is 2.59. The molecule has 1 aromatic heterocycles. The summed E-state index contributed by atoms with van der Waals surface area (Å²) in [5.74, 6) is -0.0123. The van der Waals surface area contributed by atoms with Gasteiger partial charge in [-0.1, -0.05) is 15.9 Å². The lowest BCUT2D eigenvalue weighted by molar-refractivity contribution is 0.0954. The molecule has 0 aliphatic heterocycles. The quantitative estimate of drug-likeness (QED) is 0.849. The Morgan fingerprint density at radius 2 is 2.31 bits per heavy atom. The second-order valence-corrected chi connectivity index (χ2v) is 6.16. The smallest absolute Gasteiger partial charge is 0.261 e. The summed E-state index contributed by atoms with van der Waals surface area (Å²) in [7, 11) is 1.64. The fourth-order valence-electron chi connectivity index (χ4n) is 1.22. The van der Waals surface area contributed by atoms with Crippen molar-refractivity contribution < 1.29 is 9.53 Å². The van der Waals surface area contributed by atoms with Gasteiger partial charge in [0.1, 0.15) is 0 Å². The molecular weight excluding hydrogens is 290 g/mol. The first-order chi connectivity index (χ1) is 7.54. The van der Waals surface area contributed by atoms with E-state index in [-0.39, 0.29) is 10.7 Å². The number of thiophene rings is 1. The standard InChI is InChI=1S/C11H16BrNO2S/c1-7-4-10(16-8(7)2)11(14)13-5-9(12)6-15-3/h4,9H,5-6H2,1-3H3,(H,13,14). The highest BCUT2D eigenvalue weighted by molar-refractivity contribution is 9.09. The molecule has 1 atom stereocenters. The van der Waals surface area contributed by atoms with E-state index in [1.807, 2.05) is 19.9 Å². The minimum Gasteiger partial charge on any atom is -0.383 e. The number of ether oxygens (including phenoxy) is 1. The van der Waals surface area contributed by atoms with Crippen molar-refractivity contribution >= 4 is 33.2 Å². The van der Waals surface area contributed by atoms with E-state index in [9.17, 15) is 4.79 Å². The largest absolute Gasteiger partial charge is 0.383 e. The Morgan fingerprint density at radius 3 is 2.81 bits per heavy atom. The van der Waals surface area contributed by atoms with Crippen LogP contribution in [0.1, 0.15) is 20.1 Å². The monoisotopic (exact) mass is 305 g/mol. The topological polar surface area (TPSA) is 38.3 Å². The maximum absolute atomic E-state index is 11.8. The molecule has 3 nitrogen and oxygen atoms in total. The zero-order chi connectivity index (χ0) is 12.1. The normalized spacial score (nSPS) is 12.5. The molecule has 1 unspecified atom stereocenters. The number of amides is 1. The highest BCUT2D eigenvalue weighted by atomic mass is 79.9. The number of hydrogen-bond acceptors (Lipinski definition) is 3. The molecule has 5 heteroatoms. The summed E-state index contributed by atoms with van der Waals surface area (Å²) in [4.78, 5) is 13.9. The highest BCUT2D eigenvalue weighted by Gasteiger charge is 2.11. The first kappa shape index (κ1) is 13.7. The summed E-state index contributed by atoms with van der Waals surface area (Å²) >= 11 is 4.95. The van der Waals surface area contributed by atoms with Gasteiger partial charge in [-0.3, -0.25) is 4.79 Å². The summed E-state index contributed by atoms with van der Waals surface area (Å²) in [5.41, 5.74) is 1.17. The first-order valence-corrected chi connectivity index (χ1v) is 6.76. The van der Waals surface area contributed by atoms with Crippen LogP contribution in [0.3, 0.4) is 0 Å². The zero-order valence-corrected chi connectivity index (χ0v) is 12.1. The Labute approximate surface area is 108 Å². The number of carbonyl (C=O) groups is 1. The molecule has 0 bridgehead atoms. The predicted octanol–water partition coefficient (Wildman–Crippen LogP) is 2.50. The third-order valence-electron chi connectivity index (χ3n) is 2.22. The molecule has 0 radical (unpaired) electrons. The van der Waals surface area contributed by atoms with Gasteiger partial charge in [0, 0.05) is 18.5 Å². The van der Waals surface area contributed by atoms with Gasteiger partial charge in [0.2, 0.25) is 0 Å². The van der Waals surface area contributed by atoms with Crippen molar-refractivity contribution in [3.05, 3.63) is 21.4 Å². The minimum atomic E-state index is -0.0123. The fraction of sp³-hybridized carbons (Fsp3) is 0.545. The Morgan fingerprint density at radius 1 is 1.62 bits per heavy atom. The number of nitrogens with one attached hydrogen (secondary N) is 1. The van der Waals surface area contributed by atoms with Crippen LogP contribution in [0.5, 0.6) is 0 Å². The van der Waals surface area contributed by atoms with Crippen molar-refractivity contribution in [2.75, 3.05) is 20.3 Å². The second-order valence-electron chi connectivity index (χ2n) is 3.61. The van der Waals surface area contributed by atoms with Crippen LogP contribution in [0.15, 0.2) is 6.07 Å². The van der Waals surface area contributed by atoms with Crippen LogP contribution in [-0.2, 0) is 4.74 Å². The molecule has 1 rings (SSSR count). The summed E-state index contributed by atoms with van der Waals surface area (Å²) < 4.78 is 4.97. The molecule has 0 fully saturated rings. The van der Waals surface area contributed by atoms with Gasteiger partial charge in [-0.2, -0.15) is 0 Å². The van der Waals surface area contributed by atoms with E-state index in [4.69, 9.17) is 4.74 Å². The minimum absolute atomic E-state index is 0.0123. The van der Waals surface area contributed by atoms with Gasteiger partial charge in [0.15, 0.2) is 0 Å². The van der Waals surface area contributed by atoms with Gasteiger partial charge in [-0.15, -0.1) is 11.3 Å². The van der Waals surface area contributed by atoms with Gasteiger partial charge < -0.3 is 10.1 Å². The molecule has 1 amide bonds. The van der Waals surface area contributed by atoms with Gasteiger partial charge in [0.05, 0.1) is 16.3 Å². The number of hydrogen-bond donors (Lipinski definition) is 1. The Kier molecular flexibility index (Phi) is 5.44. The van der Waals surface area contributed by atoms with Crippen LogP contribution in [0.2, 0.25) is 0 Å². The van der Waals surface area contributed by atoms with Gasteiger partial charge in [-0.25, -0.2) is 0 Å². The number of aryl methyl sites for hydroxylation is 2. The molecule has 0 aliphatic carbocycles. The molecule has 1 aromatic rings. The molecule has 90 valence electrons. The Bertz CT molecular complexity index is 345. The number of rotatable bonds is 5. The number of methoxy groups -OCH3 is 1. The van der Waals surface area contributed by atoms with Crippen LogP contribution in [0, 0.1) is 13.8 Å². The molecule has 0 aliphatic rings. The van der Waals surface area contributed by atoms with Crippen LogP contribution in [0.4, 0.5) is 0 Å². The molecule has 0 saturated carbocycles. The zero-order valence-electron chi connectivity index (χ0n) is 9.67. The van der Waals surface area contributed by atoms with Gasteiger partial charge in [0.25, 0.3) is 5.91 Å². The second kappa shape index (κ2) is 6.37. The number of alkyl halides is 1. The van der Waals surface area contributed by atoms with E-state index in [1.54, 1.807) is 7.11 Å². The van der Waals surface area contributed by atoms with Gasteiger partial charge >= 0.3 is 0 Å². The lowest BCUT2D eigenvalue weighted by Crippen LogP contribution is -2.30. The summed E-state index contributed by atoms with van der Waals surface area (Å²) in [6.45, 7) is 5.20. The van der Waals surface area contributed by atoms with Gasteiger partial charge in [-0.05, 0) is 25.5 Å². The Balaban J connectivity index is 2.46. The number of carbonyl (C=O) groups excluding carboxylic acids is 1. The van der Waals surface area contributed by atoms with Crippen molar-refractivity contribution in [2.24, 2.45) is 0 Å². The van der Waals surface area contributed by atoms with E-state index in [0.29, 0.717) is 13.2 Å². The maximum Gasteiger partial charge on any atom is 0.261 e. The van der Waals surface area contributed by atoms with Crippen LogP contribution >= 0.6 is 27.3 Å². The predicted molar refractivity (Wildman–Crippen MR) is 70.7 cm³/mol. The average molecular weight is 306 g/mol. The van der Waals surface area contributed by atoms with E-state index in [1.165, 1.54) is 21.8 Å². The lowest BCUT2D eigenvalue weighted by atomic mass is 10.3. The summed E-state index contributed by atoms with van der Waals surface area (Å²) in [6, 6.07) is 1.93. The molecule has 16 heavy (non-hydrogen) atoms. The first-order valence-electron chi connectivity index (χ1n) is 5.02. The molecule has 1 heterocycles. The van der Waals surface area contributed by atoms with Crippen molar-refractivity contribution in [3.63, 3.8) is 0 Å². The van der Waals surface area contributed by atoms with Crippen molar-refractivity contribution in [3.8, 4) is 0 Å². The third kappa shape index (κ3) is 3.88. The van der Waals surface area contributed by atoms with Crippen molar-refractivity contribution in [1.29, 1.82) is 0 Å². The third-order valence-corrected chi connectivity index (χ3v) is 3.96. The highest BCUT2D eigenvalue weighted by Crippen LogP contribution is 2.20. The van der Waals surface area contributed by atoms with Crippen molar-refractivity contribution in [2.45, 2.75) is 18.7 Å². The van der Waals surface area contributed by atoms with E-state index >= 15 is 0 Å². The van der Waals surface area contributed by atoms with Crippen LogP contribution in [0.25, 0.3) is 0 Å². The van der Waals surface area contributed by atoms with E-state index in [2.05, 4.69) is 21.2 Å². The molecule has 0 aromatic carbocycles. The lowest BCUT2D eigenvalue weighted by Gasteiger charge is -2.09. The van der Waals surface area contributed by atoms with Crippen LogP contribution < -0.4 is 5.32 Å². The summed E-state index contributed by atoms with van der Waals surface area (Å²) in [6.07, 6.45) is 0. The summed E-state index contributed by atoms with van der Waals surface area (Å²) in [5, 5.41) is 2.87. The van der Waals surface area contributed by atoms with Crippen molar-refractivity contribution in [1.82, 2.24) is 5.32 Å². The van der Waals surface area contributed by atoms with Crippen LogP contribution in [-0.4, -0.2) is 31.0 Å². The molecular formula is C11H16BrNO2S.